The van der Waals surface area contributed by atoms with E-state index in [4.69, 9.17) is 4.74 Å². The number of hydrogen-bond acceptors (Lipinski definition) is 2. The first-order valence-corrected chi connectivity index (χ1v) is 5.52. The van der Waals surface area contributed by atoms with Gasteiger partial charge in [-0.25, -0.2) is 4.79 Å². The van der Waals surface area contributed by atoms with E-state index in [1.165, 1.54) is 0 Å². The second kappa shape index (κ2) is 4.13. The van der Waals surface area contributed by atoms with Crippen molar-refractivity contribution in [3.05, 3.63) is 30.5 Å². The molecule has 0 unspecified atom stereocenters. The van der Waals surface area contributed by atoms with Crippen molar-refractivity contribution in [1.29, 1.82) is 0 Å². The number of rotatable bonds is 1. The summed E-state index contributed by atoms with van der Waals surface area (Å²) in [5.41, 5.74) is 0.648. The molecule has 0 spiro atoms. The van der Waals surface area contributed by atoms with Crippen molar-refractivity contribution in [3.8, 4) is 5.75 Å². The highest BCUT2D eigenvalue weighted by Gasteiger charge is 2.16. The van der Waals surface area contributed by atoms with E-state index in [1.54, 1.807) is 6.07 Å². The lowest BCUT2D eigenvalue weighted by atomic mass is 10.1. The Balaban J connectivity index is 2.18. The third-order valence-corrected chi connectivity index (χ3v) is 2.23. The molecular formula is C13H16N2O2. The molecule has 1 aromatic carbocycles. The van der Waals surface area contributed by atoms with E-state index in [0.717, 1.165) is 10.9 Å². The number of benzene rings is 1. The van der Waals surface area contributed by atoms with Crippen LogP contribution in [0.1, 0.15) is 20.8 Å². The number of nitrogens with one attached hydrogen (secondary N) is 2. The summed E-state index contributed by atoms with van der Waals surface area (Å²) in [4.78, 5) is 14.7. The van der Waals surface area contributed by atoms with Gasteiger partial charge in [0.25, 0.3) is 0 Å². The van der Waals surface area contributed by atoms with Gasteiger partial charge in [0, 0.05) is 22.6 Å². The smallest absolute Gasteiger partial charge is 0.410 e. The van der Waals surface area contributed by atoms with Crippen molar-refractivity contribution >= 4 is 17.0 Å². The average molecular weight is 232 g/mol. The lowest BCUT2D eigenvalue weighted by Crippen LogP contribution is -2.42. The van der Waals surface area contributed by atoms with Crippen molar-refractivity contribution in [2.75, 3.05) is 0 Å². The molecule has 0 atom stereocenters. The van der Waals surface area contributed by atoms with Gasteiger partial charge in [-0.1, -0.05) is 6.07 Å². The Morgan fingerprint density at radius 2 is 2.06 bits per heavy atom. The van der Waals surface area contributed by atoms with E-state index in [9.17, 15) is 4.79 Å². The number of amides is 1. The maximum Gasteiger partial charge on any atom is 0.413 e. The maximum atomic E-state index is 11.7. The fourth-order valence-corrected chi connectivity index (χ4v) is 1.58. The van der Waals surface area contributed by atoms with Crippen LogP contribution in [0.2, 0.25) is 0 Å². The zero-order chi connectivity index (χ0) is 12.5. The third kappa shape index (κ3) is 2.78. The summed E-state index contributed by atoms with van der Waals surface area (Å²) in [5.74, 6) is 0.561. The highest BCUT2D eigenvalue weighted by Crippen LogP contribution is 2.24. The van der Waals surface area contributed by atoms with E-state index in [2.05, 4.69) is 10.3 Å². The maximum absolute atomic E-state index is 11.7. The number of hydrogen-bond donors (Lipinski definition) is 2. The van der Waals surface area contributed by atoms with Gasteiger partial charge in [0.15, 0.2) is 0 Å². The Labute approximate surface area is 100.0 Å². The Morgan fingerprint density at radius 1 is 1.29 bits per heavy atom. The second-order valence-corrected chi connectivity index (χ2v) is 4.96. The third-order valence-electron chi connectivity index (χ3n) is 2.23. The van der Waals surface area contributed by atoms with Crippen LogP contribution in [0.5, 0.6) is 5.75 Å². The van der Waals surface area contributed by atoms with E-state index >= 15 is 0 Å². The van der Waals surface area contributed by atoms with Gasteiger partial charge in [-0.2, -0.15) is 0 Å². The molecule has 2 aromatic rings. The van der Waals surface area contributed by atoms with E-state index in [0.29, 0.717) is 5.75 Å². The molecule has 1 aromatic heterocycles. The predicted octanol–water partition coefficient (Wildman–Crippen LogP) is 3.05. The minimum absolute atomic E-state index is 0.302. The monoisotopic (exact) mass is 232 g/mol. The van der Waals surface area contributed by atoms with Crippen LogP contribution < -0.4 is 10.1 Å². The number of aromatic amines is 1. The Morgan fingerprint density at radius 3 is 2.76 bits per heavy atom. The molecular weight excluding hydrogens is 216 g/mol. The molecule has 0 saturated carbocycles. The zero-order valence-corrected chi connectivity index (χ0v) is 10.2. The van der Waals surface area contributed by atoms with Crippen LogP contribution in [0.4, 0.5) is 4.79 Å². The minimum atomic E-state index is -0.439. The first-order valence-electron chi connectivity index (χ1n) is 5.52. The molecule has 0 aliphatic heterocycles. The molecule has 4 nitrogen and oxygen atoms in total. The number of aromatic nitrogens is 1. The van der Waals surface area contributed by atoms with Gasteiger partial charge in [0.1, 0.15) is 5.75 Å². The van der Waals surface area contributed by atoms with Crippen LogP contribution >= 0.6 is 0 Å². The van der Waals surface area contributed by atoms with Crippen molar-refractivity contribution in [3.63, 3.8) is 0 Å². The van der Waals surface area contributed by atoms with Gasteiger partial charge >= 0.3 is 6.09 Å². The number of fused-ring (bicyclic) bond motifs is 1. The second-order valence-electron chi connectivity index (χ2n) is 4.96. The molecule has 17 heavy (non-hydrogen) atoms. The first-order chi connectivity index (χ1) is 7.96. The summed E-state index contributed by atoms with van der Waals surface area (Å²) < 4.78 is 5.29. The van der Waals surface area contributed by atoms with E-state index in [1.807, 2.05) is 45.2 Å². The highest BCUT2D eigenvalue weighted by molar-refractivity contribution is 5.88. The highest BCUT2D eigenvalue weighted by atomic mass is 16.6. The standard InChI is InChI=1S/C13H16N2O2/c1-13(2,3)15-12(16)17-11-6-4-5-10-9(11)7-8-14-10/h4-8,14H,1-3H3,(H,15,16). The van der Waals surface area contributed by atoms with E-state index in [-0.39, 0.29) is 5.54 Å². The Hall–Kier alpha value is -1.97. The first kappa shape index (κ1) is 11.5. The number of carbonyl (C=O) groups is 1. The van der Waals surface area contributed by atoms with Crippen molar-refractivity contribution < 1.29 is 9.53 Å². The molecule has 0 fully saturated rings. The quantitative estimate of drug-likeness (QED) is 0.794. The predicted molar refractivity (Wildman–Crippen MR) is 67.2 cm³/mol. The molecule has 2 rings (SSSR count). The molecule has 1 amide bonds. The molecule has 0 saturated heterocycles. The largest absolute Gasteiger partial charge is 0.413 e. The van der Waals surface area contributed by atoms with Crippen molar-refractivity contribution in [1.82, 2.24) is 10.3 Å². The summed E-state index contributed by atoms with van der Waals surface area (Å²) in [5, 5.41) is 3.65. The summed E-state index contributed by atoms with van der Waals surface area (Å²) >= 11 is 0. The van der Waals surface area contributed by atoms with Crippen LogP contribution in [-0.2, 0) is 0 Å². The normalized spacial score (nSPS) is 11.5. The molecule has 90 valence electrons. The van der Waals surface area contributed by atoms with Crippen molar-refractivity contribution in [2.45, 2.75) is 26.3 Å². The Kier molecular flexibility index (Phi) is 2.79. The van der Waals surface area contributed by atoms with Crippen LogP contribution in [0, 0.1) is 0 Å². The van der Waals surface area contributed by atoms with Gasteiger partial charge in [0.2, 0.25) is 0 Å². The lowest BCUT2D eigenvalue weighted by Gasteiger charge is -2.19. The molecule has 4 heteroatoms. The van der Waals surface area contributed by atoms with Crippen LogP contribution in [0.3, 0.4) is 0 Å². The number of H-pyrrole nitrogens is 1. The summed E-state index contributed by atoms with van der Waals surface area (Å²) in [7, 11) is 0. The molecule has 0 aliphatic rings. The Bertz CT molecular complexity index is 538. The minimum Gasteiger partial charge on any atom is -0.410 e. The summed E-state index contributed by atoms with van der Waals surface area (Å²) in [6, 6.07) is 7.44. The van der Waals surface area contributed by atoms with Crippen LogP contribution in [0.15, 0.2) is 30.5 Å². The number of carbonyl (C=O) groups excluding carboxylic acids is 1. The fourth-order valence-electron chi connectivity index (χ4n) is 1.58. The molecule has 2 N–H and O–H groups in total. The van der Waals surface area contributed by atoms with Gasteiger partial charge in [-0.15, -0.1) is 0 Å². The van der Waals surface area contributed by atoms with Gasteiger partial charge in [0.05, 0.1) is 0 Å². The topological polar surface area (TPSA) is 54.1 Å². The van der Waals surface area contributed by atoms with Crippen molar-refractivity contribution in [2.24, 2.45) is 0 Å². The van der Waals surface area contributed by atoms with Gasteiger partial charge in [-0.05, 0) is 39.0 Å². The molecule has 0 aliphatic carbocycles. The molecule has 1 heterocycles. The van der Waals surface area contributed by atoms with Crippen LogP contribution in [0.25, 0.3) is 10.9 Å². The fraction of sp³-hybridized carbons (Fsp3) is 0.308. The molecule has 0 bridgehead atoms. The summed E-state index contributed by atoms with van der Waals surface area (Å²) in [6.07, 6.45) is 1.38. The van der Waals surface area contributed by atoms with Gasteiger partial charge < -0.3 is 15.0 Å². The van der Waals surface area contributed by atoms with E-state index < -0.39 is 6.09 Å². The lowest BCUT2D eigenvalue weighted by molar-refractivity contribution is 0.191. The van der Waals surface area contributed by atoms with Crippen LogP contribution in [-0.4, -0.2) is 16.6 Å². The SMILES string of the molecule is CC(C)(C)NC(=O)Oc1cccc2[nH]ccc12. The zero-order valence-electron chi connectivity index (χ0n) is 10.2. The average Bonchev–Trinajstić information content (AvgIpc) is 2.63. The van der Waals surface area contributed by atoms with Gasteiger partial charge in [-0.3, -0.25) is 0 Å². The summed E-state index contributed by atoms with van der Waals surface area (Å²) in [6.45, 7) is 5.72. The molecule has 0 radical (unpaired) electrons. The number of ether oxygens (including phenoxy) is 1.